The Morgan fingerprint density at radius 2 is 1.68 bits per heavy atom. The quantitative estimate of drug-likeness (QED) is 0.617. The van der Waals surface area contributed by atoms with Gasteiger partial charge in [-0.3, -0.25) is 4.79 Å². The maximum absolute atomic E-state index is 12.5. The van der Waals surface area contributed by atoms with E-state index in [0.717, 1.165) is 13.0 Å². The van der Waals surface area contributed by atoms with Crippen LogP contribution in [0.4, 0.5) is 11.6 Å². The highest BCUT2D eigenvalue weighted by molar-refractivity contribution is 6.04. The molecule has 6 heteroatoms. The van der Waals surface area contributed by atoms with Crippen molar-refractivity contribution in [3.63, 3.8) is 0 Å². The first-order valence-corrected chi connectivity index (χ1v) is 9.28. The SMILES string of the molecule is CC(C)Oc1ccccc1NC(=O)c1cnc(NCCc2ccccc2)nc1. The van der Waals surface area contributed by atoms with E-state index >= 15 is 0 Å². The van der Waals surface area contributed by atoms with Crippen molar-refractivity contribution in [3.8, 4) is 5.75 Å². The molecule has 0 spiro atoms. The number of hydrogen-bond donors (Lipinski definition) is 2. The van der Waals surface area contributed by atoms with Crippen LogP contribution < -0.4 is 15.4 Å². The zero-order chi connectivity index (χ0) is 19.8. The second-order valence-electron chi connectivity index (χ2n) is 6.57. The van der Waals surface area contributed by atoms with Crippen LogP contribution >= 0.6 is 0 Å². The molecule has 1 amide bonds. The van der Waals surface area contributed by atoms with Gasteiger partial charge >= 0.3 is 0 Å². The van der Waals surface area contributed by atoms with E-state index in [4.69, 9.17) is 4.74 Å². The van der Waals surface area contributed by atoms with E-state index in [9.17, 15) is 4.79 Å². The molecule has 2 N–H and O–H groups in total. The molecule has 28 heavy (non-hydrogen) atoms. The molecule has 3 rings (SSSR count). The first-order valence-electron chi connectivity index (χ1n) is 9.28. The molecule has 3 aromatic rings. The molecule has 0 aliphatic heterocycles. The number of carbonyl (C=O) groups is 1. The highest BCUT2D eigenvalue weighted by atomic mass is 16.5. The van der Waals surface area contributed by atoms with Crippen LogP contribution in [0.25, 0.3) is 0 Å². The van der Waals surface area contributed by atoms with Gasteiger partial charge in [-0.25, -0.2) is 9.97 Å². The molecule has 1 aromatic heterocycles. The number of para-hydroxylation sites is 2. The monoisotopic (exact) mass is 376 g/mol. The minimum absolute atomic E-state index is 0.0163. The van der Waals surface area contributed by atoms with Crippen molar-refractivity contribution < 1.29 is 9.53 Å². The summed E-state index contributed by atoms with van der Waals surface area (Å²) in [6, 6.07) is 17.5. The Hall–Kier alpha value is -3.41. The average Bonchev–Trinajstić information content (AvgIpc) is 2.70. The van der Waals surface area contributed by atoms with Crippen LogP contribution in [-0.2, 0) is 6.42 Å². The summed E-state index contributed by atoms with van der Waals surface area (Å²) in [7, 11) is 0. The molecular weight excluding hydrogens is 352 g/mol. The van der Waals surface area contributed by atoms with Gasteiger partial charge in [0, 0.05) is 18.9 Å². The highest BCUT2D eigenvalue weighted by Gasteiger charge is 2.11. The number of benzene rings is 2. The van der Waals surface area contributed by atoms with E-state index < -0.39 is 0 Å². The van der Waals surface area contributed by atoms with Gasteiger partial charge in [0.1, 0.15) is 5.75 Å². The van der Waals surface area contributed by atoms with Gasteiger partial charge in [0.25, 0.3) is 5.91 Å². The topological polar surface area (TPSA) is 76.1 Å². The third-order valence-electron chi connectivity index (χ3n) is 3.95. The Morgan fingerprint density at radius 3 is 2.39 bits per heavy atom. The molecule has 6 nitrogen and oxygen atoms in total. The number of rotatable bonds is 8. The molecule has 0 aliphatic carbocycles. The Labute approximate surface area is 165 Å². The Bertz CT molecular complexity index is 896. The van der Waals surface area contributed by atoms with Gasteiger partial charge in [-0.15, -0.1) is 0 Å². The van der Waals surface area contributed by atoms with E-state index in [0.29, 0.717) is 22.9 Å². The predicted molar refractivity (Wildman–Crippen MR) is 111 cm³/mol. The number of hydrogen-bond acceptors (Lipinski definition) is 5. The van der Waals surface area contributed by atoms with E-state index in [-0.39, 0.29) is 12.0 Å². The fourth-order valence-electron chi connectivity index (χ4n) is 2.62. The Kier molecular flexibility index (Phi) is 6.57. The van der Waals surface area contributed by atoms with Crippen molar-refractivity contribution in [3.05, 3.63) is 78.1 Å². The first kappa shape index (κ1) is 19.4. The molecule has 1 heterocycles. The second-order valence-corrected chi connectivity index (χ2v) is 6.57. The summed E-state index contributed by atoms with van der Waals surface area (Å²) in [6.07, 6.45) is 3.92. The van der Waals surface area contributed by atoms with Gasteiger partial charge in [0.05, 0.1) is 17.4 Å². The van der Waals surface area contributed by atoms with Crippen molar-refractivity contribution in [1.29, 1.82) is 0 Å². The lowest BCUT2D eigenvalue weighted by molar-refractivity contribution is 0.102. The average molecular weight is 376 g/mol. The molecule has 0 aliphatic rings. The third kappa shape index (κ3) is 5.54. The standard InChI is InChI=1S/C22H24N4O2/c1-16(2)28-20-11-7-6-10-19(20)26-21(27)18-14-24-22(25-15-18)23-13-12-17-8-4-3-5-9-17/h3-11,14-16H,12-13H2,1-2H3,(H,26,27)(H,23,24,25). The second kappa shape index (κ2) is 9.50. The Morgan fingerprint density at radius 1 is 1.00 bits per heavy atom. The predicted octanol–water partition coefficient (Wildman–Crippen LogP) is 4.17. The fourth-order valence-corrected chi connectivity index (χ4v) is 2.62. The lowest BCUT2D eigenvalue weighted by Gasteiger charge is -2.14. The van der Waals surface area contributed by atoms with Gasteiger partial charge in [-0.2, -0.15) is 0 Å². The summed E-state index contributed by atoms with van der Waals surface area (Å²) in [4.78, 5) is 21.0. The van der Waals surface area contributed by atoms with Crippen LogP contribution in [0.1, 0.15) is 29.8 Å². The summed E-state index contributed by atoms with van der Waals surface area (Å²) in [5.74, 6) is 0.845. The molecule has 0 atom stereocenters. The summed E-state index contributed by atoms with van der Waals surface area (Å²) >= 11 is 0. The minimum Gasteiger partial charge on any atom is -0.489 e. The number of nitrogens with one attached hydrogen (secondary N) is 2. The zero-order valence-corrected chi connectivity index (χ0v) is 16.1. The van der Waals surface area contributed by atoms with Crippen LogP contribution in [-0.4, -0.2) is 28.5 Å². The molecule has 0 bridgehead atoms. The van der Waals surface area contributed by atoms with E-state index in [2.05, 4.69) is 32.7 Å². The molecule has 0 fully saturated rings. The summed E-state index contributed by atoms with van der Waals surface area (Å²) < 4.78 is 5.73. The van der Waals surface area contributed by atoms with Crippen molar-refractivity contribution in [2.75, 3.05) is 17.2 Å². The zero-order valence-electron chi connectivity index (χ0n) is 16.1. The van der Waals surface area contributed by atoms with Crippen LogP contribution in [0.2, 0.25) is 0 Å². The van der Waals surface area contributed by atoms with Crippen LogP contribution in [0.15, 0.2) is 67.0 Å². The number of carbonyl (C=O) groups excluding carboxylic acids is 1. The van der Waals surface area contributed by atoms with E-state index in [1.807, 2.05) is 50.2 Å². The minimum atomic E-state index is -0.282. The molecule has 144 valence electrons. The number of anilines is 2. The maximum Gasteiger partial charge on any atom is 0.258 e. The summed E-state index contributed by atoms with van der Waals surface area (Å²) in [5, 5.41) is 6.02. The van der Waals surface area contributed by atoms with Crippen molar-refractivity contribution >= 4 is 17.5 Å². The number of ether oxygens (including phenoxy) is 1. The number of aromatic nitrogens is 2. The molecule has 0 unspecified atom stereocenters. The van der Waals surface area contributed by atoms with Gasteiger partial charge in [0.2, 0.25) is 5.95 Å². The Balaban J connectivity index is 1.57. The van der Waals surface area contributed by atoms with Crippen LogP contribution in [0.3, 0.4) is 0 Å². The lowest BCUT2D eigenvalue weighted by atomic mass is 10.1. The highest BCUT2D eigenvalue weighted by Crippen LogP contribution is 2.25. The van der Waals surface area contributed by atoms with Gasteiger partial charge in [-0.1, -0.05) is 42.5 Å². The smallest absolute Gasteiger partial charge is 0.258 e. The molecule has 0 saturated carbocycles. The van der Waals surface area contributed by atoms with Crippen molar-refractivity contribution in [1.82, 2.24) is 9.97 Å². The van der Waals surface area contributed by atoms with Crippen LogP contribution in [0.5, 0.6) is 5.75 Å². The molecule has 2 aromatic carbocycles. The number of nitrogens with zero attached hydrogens (tertiary/aromatic N) is 2. The number of amides is 1. The van der Waals surface area contributed by atoms with Crippen LogP contribution in [0, 0.1) is 0 Å². The summed E-state index contributed by atoms with van der Waals surface area (Å²) in [5.41, 5.74) is 2.24. The molecular formula is C22H24N4O2. The van der Waals surface area contributed by atoms with Crippen molar-refractivity contribution in [2.24, 2.45) is 0 Å². The van der Waals surface area contributed by atoms with Gasteiger partial charge in [0.15, 0.2) is 0 Å². The first-order chi connectivity index (χ1) is 13.6. The molecule has 0 saturated heterocycles. The van der Waals surface area contributed by atoms with E-state index in [1.54, 1.807) is 6.07 Å². The molecule has 0 radical (unpaired) electrons. The van der Waals surface area contributed by atoms with E-state index in [1.165, 1.54) is 18.0 Å². The van der Waals surface area contributed by atoms with Gasteiger partial charge < -0.3 is 15.4 Å². The van der Waals surface area contributed by atoms with Gasteiger partial charge in [-0.05, 0) is 38.0 Å². The normalized spacial score (nSPS) is 10.5. The fraction of sp³-hybridized carbons (Fsp3) is 0.227. The third-order valence-corrected chi connectivity index (χ3v) is 3.95. The summed E-state index contributed by atoms with van der Waals surface area (Å²) in [6.45, 7) is 4.60. The lowest BCUT2D eigenvalue weighted by Crippen LogP contribution is -2.15. The largest absolute Gasteiger partial charge is 0.489 e. The maximum atomic E-state index is 12.5. The van der Waals surface area contributed by atoms with Crippen molar-refractivity contribution in [2.45, 2.75) is 26.4 Å².